The highest BCUT2D eigenvalue weighted by atomic mass is 32.1. The van der Waals surface area contributed by atoms with Gasteiger partial charge in [0.15, 0.2) is 0 Å². The zero-order valence-electron chi connectivity index (χ0n) is 12.8. The molecule has 0 bridgehead atoms. The lowest BCUT2D eigenvalue weighted by molar-refractivity contribution is 0.519. The number of aromatic nitrogens is 2. The van der Waals surface area contributed by atoms with Gasteiger partial charge in [-0.05, 0) is 24.1 Å². The molecular weight excluding hydrogens is 304 g/mol. The van der Waals surface area contributed by atoms with Gasteiger partial charge in [-0.3, -0.25) is 0 Å². The fourth-order valence-corrected chi connectivity index (χ4v) is 4.03. The Kier molecular flexibility index (Phi) is 3.67. The van der Waals surface area contributed by atoms with Gasteiger partial charge in [-0.2, -0.15) is 0 Å². The highest BCUT2D eigenvalue weighted by Gasteiger charge is 2.18. The molecule has 4 heteroatoms. The highest BCUT2D eigenvalue weighted by molar-refractivity contribution is 7.19. The van der Waals surface area contributed by atoms with Crippen LogP contribution in [0.2, 0.25) is 0 Å². The SMILES string of the molecule is CCc1sc2ncnc(Cc3ccco3)c2c1-c1ccccc1. The Labute approximate surface area is 138 Å². The second kappa shape index (κ2) is 5.97. The number of hydrogen-bond donors (Lipinski definition) is 0. The van der Waals surface area contributed by atoms with Crippen molar-refractivity contribution >= 4 is 21.6 Å². The van der Waals surface area contributed by atoms with Crippen molar-refractivity contribution < 1.29 is 4.42 Å². The van der Waals surface area contributed by atoms with E-state index in [1.807, 2.05) is 18.2 Å². The Morgan fingerprint density at radius 2 is 1.91 bits per heavy atom. The van der Waals surface area contributed by atoms with Crippen molar-refractivity contribution in [1.82, 2.24) is 9.97 Å². The van der Waals surface area contributed by atoms with E-state index in [4.69, 9.17) is 4.42 Å². The molecule has 114 valence electrons. The summed E-state index contributed by atoms with van der Waals surface area (Å²) in [5, 5.41) is 1.16. The molecule has 0 unspecified atom stereocenters. The first-order chi connectivity index (χ1) is 11.4. The summed E-state index contributed by atoms with van der Waals surface area (Å²) in [6.07, 6.45) is 5.04. The summed E-state index contributed by atoms with van der Waals surface area (Å²) < 4.78 is 5.51. The van der Waals surface area contributed by atoms with Crippen LogP contribution in [0, 0.1) is 0 Å². The smallest absolute Gasteiger partial charge is 0.127 e. The topological polar surface area (TPSA) is 38.9 Å². The van der Waals surface area contributed by atoms with E-state index in [1.165, 1.54) is 16.0 Å². The Balaban J connectivity index is 1.96. The normalized spacial score (nSPS) is 11.2. The van der Waals surface area contributed by atoms with Crippen LogP contribution >= 0.6 is 11.3 Å². The zero-order chi connectivity index (χ0) is 15.6. The molecule has 0 fully saturated rings. The molecule has 3 nitrogen and oxygen atoms in total. The van der Waals surface area contributed by atoms with E-state index in [0.717, 1.165) is 28.1 Å². The van der Waals surface area contributed by atoms with Gasteiger partial charge in [0.25, 0.3) is 0 Å². The monoisotopic (exact) mass is 320 g/mol. The summed E-state index contributed by atoms with van der Waals surface area (Å²) in [4.78, 5) is 11.5. The summed E-state index contributed by atoms with van der Waals surface area (Å²) in [5.74, 6) is 0.924. The van der Waals surface area contributed by atoms with Crippen molar-refractivity contribution in [3.8, 4) is 11.1 Å². The predicted octanol–water partition coefficient (Wildman–Crippen LogP) is 5.10. The van der Waals surface area contributed by atoms with Gasteiger partial charge in [0, 0.05) is 22.2 Å². The maximum atomic E-state index is 5.51. The van der Waals surface area contributed by atoms with Crippen molar-refractivity contribution in [2.75, 3.05) is 0 Å². The predicted molar refractivity (Wildman–Crippen MR) is 93.7 cm³/mol. The number of rotatable bonds is 4. The third-order valence-corrected chi connectivity index (χ3v) is 5.19. The quantitative estimate of drug-likeness (QED) is 0.525. The number of nitrogens with zero attached hydrogens (tertiary/aromatic N) is 2. The first-order valence-corrected chi connectivity index (χ1v) is 8.51. The highest BCUT2D eigenvalue weighted by Crippen LogP contribution is 2.39. The molecule has 4 rings (SSSR count). The number of fused-ring (bicyclic) bond motifs is 1. The lowest BCUT2D eigenvalue weighted by Crippen LogP contribution is -1.94. The molecule has 0 amide bonds. The van der Waals surface area contributed by atoms with Crippen LogP contribution in [0.3, 0.4) is 0 Å². The molecule has 0 aliphatic rings. The largest absolute Gasteiger partial charge is 0.469 e. The van der Waals surface area contributed by atoms with Crippen LogP contribution in [0.25, 0.3) is 21.3 Å². The number of benzene rings is 1. The first kappa shape index (κ1) is 14.2. The lowest BCUT2D eigenvalue weighted by Gasteiger charge is -2.06. The van der Waals surface area contributed by atoms with Gasteiger partial charge in [-0.25, -0.2) is 9.97 Å². The van der Waals surface area contributed by atoms with E-state index >= 15 is 0 Å². The molecule has 0 saturated carbocycles. The minimum absolute atomic E-state index is 0.686. The third kappa shape index (κ3) is 2.55. The number of hydrogen-bond acceptors (Lipinski definition) is 4. The van der Waals surface area contributed by atoms with Crippen LogP contribution in [0.5, 0.6) is 0 Å². The van der Waals surface area contributed by atoms with Crippen LogP contribution in [0.15, 0.2) is 59.5 Å². The summed E-state index contributed by atoms with van der Waals surface area (Å²) in [6.45, 7) is 2.19. The number of furan rings is 1. The maximum Gasteiger partial charge on any atom is 0.127 e. The van der Waals surface area contributed by atoms with Crippen LogP contribution in [-0.4, -0.2) is 9.97 Å². The van der Waals surface area contributed by atoms with Crippen molar-refractivity contribution in [2.24, 2.45) is 0 Å². The fourth-order valence-electron chi connectivity index (χ4n) is 2.91. The van der Waals surface area contributed by atoms with Gasteiger partial charge in [0.05, 0.1) is 12.0 Å². The van der Waals surface area contributed by atoms with E-state index in [-0.39, 0.29) is 0 Å². The van der Waals surface area contributed by atoms with Crippen LogP contribution in [0.1, 0.15) is 23.3 Å². The van der Waals surface area contributed by atoms with Gasteiger partial charge >= 0.3 is 0 Å². The van der Waals surface area contributed by atoms with Gasteiger partial charge in [-0.1, -0.05) is 37.3 Å². The van der Waals surface area contributed by atoms with Gasteiger partial charge in [-0.15, -0.1) is 11.3 Å². The molecule has 0 spiro atoms. The fraction of sp³-hybridized carbons (Fsp3) is 0.158. The van der Waals surface area contributed by atoms with Gasteiger partial charge in [0.2, 0.25) is 0 Å². The molecule has 3 heterocycles. The van der Waals surface area contributed by atoms with Crippen LogP contribution in [0.4, 0.5) is 0 Å². The number of aryl methyl sites for hydroxylation is 1. The molecule has 0 saturated heterocycles. The maximum absolute atomic E-state index is 5.51. The summed E-state index contributed by atoms with van der Waals surface area (Å²) >= 11 is 1.76. The second-order valence-electron chi connectivity index (χ2n) is 5.38. The van der Waals surface area contributed by atoms with E-state index in [2.05, 4.69) is 41.2 Å². The van der Waals surface area contributed by atoms with Gasteiger partial charge in [0.1, 0.15) is 16.9 Å². The summed E-state index contributed by atoms with van der Waals surface area (Å²) in [6, 6.07) is 14.4. The Bertz CT molecular complexity index is 927. The van der Waals surface area contributed by atoms with E-state index in [1.54, 1.807) is 23.9 Å². The minimum Gasteiger partial charge on any atom is -0.469 e. The molecule has 3 aromatic heterocycles. The second-order valence-corrected chi connectivity index (χ2v) is 6.46. The molecule has 0 aliphatic carbocycles. The molecular formula is C19H16N2OS. The summed E-state index contributed by atoms with van der Waals surface area (Å²) in [7, 11) is 0. The molecule has 0 radical (unpaired) electrons. The van der Waals surface area contributed by atoms with Crippen molar-refractivity contribution in [2.45, 2.75) is 19.8 Å². The van der Waals surface area contributed by atoms with Crippen LogP contribution in [-0.2, 0) is 12.8 Å². The number of thiophene rings is 1. The average Bonchev–Trinajstić information content (AvgIpc) is 3.23. The van der Waals surface area contributed by atoms with E-state index in [9.17, 15) is 0 Å². The van der Waals surface area contributed by atoms with Crippen LogP contribution < -0.4 is 0 Å². The molecule has 0 aliphatic heterocycles. The summed E-state index contributed by atoms with van der Waals surface area (Å²) in [5.41, 5.74) is 3.53. The first-order valence-electron chi connectivity index (χ1n) is 7.70. The molecule has 0 N–H and O–H groups in total. The average molecular weight is 320 g/mol. The molecule has 1 aromatic carbocycles. The molecule has 23 heavy (non-hydrogen) atoms. The zero-order valence-corrected chi connectivity index (χ0v) is 13.6. The van der Waals surface area contributed by atoms with Crippen molar-refractivity contribution in [3.63, 3.8) is 0 Å². The Morgan fingerprint density at radius 3 is 2.65 bits per heavy atom. The molecule has 0 atom stereocenters. The van der Waals surface area contributed by atoms with Crippen molar-refractivity contribution in [3.05, 3.63) is 71.4 Å². The Hall–Kier alpha value is -2.46. The lowest BCUT2D eigenvalue weighted by atomic mass is 10.00. The minimum atomic E-state index is 0.686. The van der Waals surface area contributed by atoms with E-state index in [0.29, 0.717) is 6.42 Å². The standard InChI is InChI=1S/C19H16N2OS/c1-2-16-17(13-7-4-3-5-8-13)18-15(11-14-9-6-10-22-14)20-12-21-19(18)23-16/h3-10,12H,2,11H2,1H3. The Morgan fingerprint density at radius 1 is 1.04 bits per heavy atom. The van der Waals surface area contributed by atoms with E-state index < -0.39 is 0 Å². The molecule has 4 aromatic rings. The van der Waals surface area contributed by atoms with Gasteiger partial charge < -0.3 is 4.42 Å². The van der Waals surface area contributed by atoms with Crippen molar-refractivity contribution in [1.29, 1.82) is 0 Å². The third-order valence-electron chi connectivity index (χ3n) is 3.95.